The summed E-state index contributed by atoms with van der Waals surface area (Å²) in [6.45, 7) is 4.52. The number of carbonyl (C=O) groups is 3. The zero-order valence-electron chi connectivity index (χ0n) is 25.5. The molecule has 2 aromatic carbocycles. The van der Waals surface area contributed by atoms with Gasteiger partial charge in [-0.2, -0.15) is 0 Å². The van der Waals surface area contributed by atoms with Crippen molar-refractivity contribution in [3.05, 3.63) is 76.8 Å². The Morgan fingerprint density at radius 3 is 2.42 bits per heavy atom. The summed E-state index contributed by atoms with van der Waals surface area (Å²) in [4.78, 5) is 49.0. The molecule has 3 heterocycles. The highest BCUT2D eigenvalue weighted by Gasteiger charge is 2.42. The number of piperidine rings is 1. The van der Waals surface area contributed by atoms with Crippen LogP contribution in [0.25, 0.3) is 16.1 Å². The Hall–Kier alpha value is -3.67. The molecule has 2 aliphatic heterocycles. The Kier molecular flexibility index (Phi) is 11.1. The van der Waals surface area contributed by atoms with E-state index in [-0.39, 0.29) is 48.6 Å². The van der Waals surface area contributed by atoms with E-state index in [2.05, 4.69) is 4.98 Å². The average molecular weight is 659 g/mol. The van der Waals surface area contributed by atoms with E-state index in [1.54, 1.807) is 43.0 Å². The molecule has 1 aromatic heterocycles. The molecule has 8 nitrogen and oxygen atoms in total. The van der Waals surface area contributed by atoms with Crippen LogP contribution in [0.4, 0.5) is 14.5 Å². The number of nitrogens with zero attached hydrogens (tertiary/aromatic N) is 4. The highest BCUT2D eigenvalue weighted by Crippen LogP contribution is 2.44. The first kappa shape index (κ1) is 34.2. The summed E-state index contributed by atoms with van der Waals surface area (Å²) in [6.07, 6.45) is 1.63. The monoisotopic (exact) mass is 658 g/mol. The number of allylic oxidation sites excluding steroid dienone is 1. The van der Waals surface area contributed by atoms with E-state index in [1.807, 2.05) is 42.3 Å². The van der Waals surface area contributed by atoms with Crippen LogP contribution in [-0.2, 0) is 14.3 Å². The van der Waals surface area contributed by atoms with Gasteiger partial charge in [-0.3, -0.25) is 19.3 Å². The lowest BCUT2D eigenvalue weighted by atomic mass is 9.96. The fourth-order valence-electron chi connectivity index (χ4n) is 5.74. The van der Waals surface area contributed by atoms with Gasteiger partial charge in [0.15, 0.2) is 0 Å². The number of para-hydroxylation sites is 1. The van der Waals surface area contributed by atoms with Crippen molar-refractivity contribution in [2.75, 3.05) is 44.7 Å². The molecule has 240 valence electrons. The number of hydrogen-bond donors (Lipinski definition) is 0. The molecule has 5 rings (SSSR count). The first-order chi connectivity index (χ1) is 21.1. The van der Waals surface area contributed by atoms with E-state index in [1.165, 1.54) is 16.2 Å². The quantitative estimate of drug-likeness (QED) is 0.226. The molecule has 0 bridgehead atoms. The number of halogens is 3. The molecule has 0 spiro atoms. The minimum absolute atomic E-state index is 0. The number of ether oxygens (including phenoxy) is 1. The number of likely N-dealkylation sites (tertiary alicyclic amines) is 1. The van der Waals surface area contributed by atoms with Crippen molar-refractivity contribution in [1.82, 2.24) is 14.8 Å². The molecule has 0 saturated carbocycles. The molecule has 2 aliphatic rings. The van der Waals surface area contributed by atoms with Gasteiger partial charge in [-0.15, -0.1) is 23.7 Å². The summed E-state index contributed by atoms with van der Waals surface area (Å²) in [5, 5.41) is 0.682. The van der Waals surface area contributed by atoms with Gasteiger partial charge in [0.05, 0.1) is 24.5 Å². The van der Waals surface area contributed by atoms with Crippen molar-refractivity contribution in [3.63, 3.8) is 0 Å². The number of esters is 1. The zero-order chi connectivity index (χ0) is 31.4. The minimum Gasteiger partial charge on any atom is -0.465 e. The number of carbonyl (C=O) groups excluding carboxylic acids is 3. The lowest BCUT2D eigenvalue weighted by Gasteiger charge is -2.36. The SMILES string of the molecule is CCOC(=O)CN(C)C1CCN(C(=O)/C=C2/c3ccccc3N(C(=O)c3sc(-c4ccccc4)nc3C)CCC2(F)F)CC1.Cl. The maximum Gasteiger partial charge on any atom is 0.320 e. The number of fused-ring (bicyclic) bond motifs is 1. The smallest absolute Gasteiger partial charge is 0.320 e. The van der Waals surface area contributed by atoms with Gasteiger partial charge in [0.2, 0.25) is 5.91 Å². The summed E-state index contributed by atoms with van der Waals surface area (Å²) < 4.78 is 36.6. The normalized spacial score (nSPS) is 17.4. The standard InChI is InChI=1S/C33H36F2N4O4S.ClH/c1-4-43-29(41)21-37(3)24-14-17-38(18-15-24)28(40)20-26-25-12-8-9-13-27(25)39(19-16-33(26,34)35)32(42)30-22(2)36-31(44-30)23-10-6-5-7-11-23;/h5-13,20,24H,4,14-19,21H2,1-3H3;1H/b26-20-;. The second kappa shape index (κ2) is 14.6. The van der Waals surface area contributed by atoms with Crippen LogP contribution < -0.4 is 4.90 Å². The van der Waals surface area contributed by atoms with Gasteiger partial charge in [0, 0.05) is 54.9 Å². The second-order valence-corrected chi connectivity index (χ2v) is 12.1. The topological polar surface area (TPSA) is 83.0 Å². The van der Waals surface area contributed by atoms with Crippen molar-refractivity contribution in [1.29, 1.82) is 0 Å². The van der Waals surface area contributed by atoms with Crippen molar-refractivity contribution >= 4 is 52.8 Å². The van der Waals surface area contributed by atoms with Gasteiger partial charge >= 0.3 is 5.97 Å². The third-order valence-corrected chi connectivity index (χ3v) is 9.33. The zero-order valence-corrected chi connectivity index (χ0v) is 27.1. The van der Waals surface area contributed by atoms with Crippen LogP contribution >= 0.6 is 23.7 Å². The molecule has 12 heteroatoms. The lowest BCUT2D eigenvalue weighted by Crippen LogP contribution is -2.46. The average Bonchev–Trinajstić information content (AvgIpc) is 3.37. The summed E-state index contributed by atoms with van der Waals surface area (Å²) in [6, 6.07) is 16.1. The number of likely N-dealkylation sites (N-methyl/N-ethyl adjacent to an activating group) is 1. The Labute approximate surface area is 272 Å². The lowest BCUT2D eigenvalue weighted by molar-refractivity contribution is -0.145. The molecule has 0 N–H and O–H groups in total. The summed E-state index contributed by atoms with van der Waals surface area (Å²) in [5.41, 5.74) is 1.52. The molecule has 0 atom stereocenters. The maximum atomic E-state index is 15.8. The van der Waals surface area contributed by atoms with Crippen molar-refractivity contribution < 1.29 is 27.9 Å². The van der Waals surface area contributed by atoms with E-state index in [0.29, 0.717) is 53.8 Å². The third-order valence-electron chi connectivity index (χ3n) is 8.14. The Bertz CT molecular complexity index is 1560. The molecular formula is C33H37ClF2N4O4S. The second-order valence-electron chi connectivity index (χ2n) is 11.1. The fourth-order valence-corrected chi connectivity index (χ4v) is 6.76. The fraction of sp³-hybridized carbons (Fsp3) is 0.394. The maximum absolute atomic E-state index is 15.8. The number of aryl methyl sites for hydroxylation is 1. The first-order valence-electron chi connectivity index (χ1n) is 14.8. The molecule has 1 saturated heterocycles. The molecule has 0 unspecified atom stereocenters. The number of hydrogen-bond acceptors (Lipinski definition) is 7. The third kappa shape index (κ3) is 7.59. The molecule has 1 fully saturated rings. The Morgan fingerprint density at radius 1 is 1.07 bits per heavy atom. The molecule has 3 aromatic rings. The highest BCUT2D eigenvalue weighted by molar-refractivity contribution is 7.17. The summed E-state index contributed by atoms with van der Waals surface area (Å²) in [7, 11) is 1.84. The molecule has 45 heavy (non-hydrogen) atoms. The van der Waals surface area contributed by atoms with E-state index in [0.717, 1.165) is 11.6 Å². The predicted octanol–water partition coefficient (Wildman–Crippen LogP) is 6.10. The van der Waals surface area contributed by atoms with E-state index >= 15 is 8.78 Å². The van der Waals surface area contributed by atoms with Crippen LogP contribution in [0.3, 0.4) is 0 Å². The van der Waals surface area contributed by atoms with Crippen LogP contribution in [0, 0.1) is 6.92 Å². The number of amides is 2. The van der Waals surface area contributed by atoms with Gasteiger partial charge in [0.1, 0.15) is 9.88 Å². The van der Waals surface area contributed by atoms with Gasteiger partial charge in [-0.05, 0) is 39.8 Å². The Balaban J connectivity index is 0.00000461. The Morgan fingerprint density at radius 2 is 1.73 bits per heavy atom. The summed E-state index contributed by atoms with van der Waals surface area (Å²) in [5.74, 6) is -4.53. The number of benzene rings is 2. The van der Waals surface area contributed by atoms with Gasteiger partial charge in [-0.25, -0.2) is 13.8 Å². The van der Waals surface area contributed by atoms with Crippen LogP contribution in [0.1, 0.15) is 47.1 Å². The molecule has 2 amide bonds. The van der Waals surface area contributed by atoms with Crippen molar-refractivity contribution in [2.45, 2.75) is 45.1 Å². The molecule has 0 aliphatic carbocycles. The van der Waals surface area contributed by atoms with Crippen molar-refractivity contribution in [2.24, 2.45) is 0 Å². The van der Waals surface area contributed by atoms with E-state index in [4.69, 9.17) is 4.74 Å². The van der Waals surface area contributed by atoms with Crippen LogP contribution in [0.2, 0.25) is 0 Å². The number of rotatable bonds is 7. The number of alkyl halides is 2. The van der Waals surface area contributed by atoms with Gasteiger partial charge in [-0.1, -0.05) is 48.5 Å². The largest absolute Gasteiger partial charge is 0.465 e. The van der Waals surface area contributed by atoms with Crippen LogP contribution in [0.15, 0.2) is 60.7 Å². The summed E-state index contributed by atoms with van der Waals surface area (Å²) >= 11 is 1.24. The van der Waals surface area contributed by atoms with E-state index < -0.39 is 24.2 Å². The number of aromatic nitrogens is 1. The van der Waals surface area contributed by atoms with E-state index in [9.17, 15) is 14.4 Å². The minimum atomic E-state index is -3.34. The van der Waals surface area contributed by atoms with Crippen molar-refractivity contribution in [3.8, 4) is 10.6 Å². The molecular weight excluding hydrogens is 622 g/mol. The number of anilines is 1. The highest BCUT2D eigenvalue weighted by atomic mass is 35.5. The van der Waals surface area contributed by atoms with Gasteiger partial charge < -0.3 is 14.5 Å². The van der Waals surface area contributed by atoms with Gasteiger partial charge in [0.25, 0.3) is 11.8 Å². The number of thiazole rings is 1. The van der Waals surface area contributed by atoms with Crippen LogP contribution in [-0.4, -0.2) is 84.4 Å². The first-order valence-corrected chi connectivity index (χ1v) is 15.6. The molecule has 0 radical (unpaired) electrons. The predicted molar refractivity (Wildman–Crippen MR) is 174 cm³/mol. The van der Waals surface area contributed by atoms with Crippen LogP contribution in [0.5, 0.6) is 0 Å².